The van der Waals surface area contributed by atoms with Crippen LogP contribution in [0, 0.1) is 5.82 Å². The highest BCUT2D eigenvalue weighted by molar-refractivity contribution is 6.75. The summed E-state index contributed by atoms with van der Waals surface area (Å²) in [6.07, 6.45) is 0. The van der Waals surface area contributed by atoms with E-state index in [0.717, 1.165) is 16.3 Å². The van der Waals surface area contributed by atoms with Gasteiger partial charge in [-0.3, -0.25) is 0 Å². The molecule has 0 aliphatic heterocycles. The summed E-state index contributed by atoms with van der Waals surface area (Å²) in [6, 6.07) is 14.3. The quantitative estimate of drug-likeness (QED) is 0.732. The molecule has 0 radical (unpaired) electrons. The molecule has 0 atom stereocenters. The van der Waals surface area contributed by atoms with Crippen molar-refractivity contribution in [3.05, 3.63) is 54.3 Å². The van der Waals surface area contributed by atoms with Crippen molar-refractivity contribution in [2.45, 2.75) is 13.8 Å². The smallest absolute Gasteiger partial charge is 0.373 e. The van der Waals surface area contributed by atoms with E-state index in [-0.39, 0.29) is 5.82 Å². The standard InChI is InChI=1S/C17H21FO3Si/c1-4-20-22(19-3,21-5-2)17-11-9-14(10-12-17)15-7-6-8-16(18)13-15/h6-13H,4-5H2,1-3H3. The predicted octanol–water partition coefficient (Wildman–Crippen LogP) is 3.36. The maximum atomic E-state index is 13.3. The first-order valence-corrected chi connectivity index (χ1v) is 9.07. The molecular formula is C17H21FO3Si. The molecule has 0 aromatic heterocycles. The van der Waals surface area contributed by atoms with Crippen LogP contribution in [-0.4, -0.2) is 29.1 Å². The molecule has 3 nitrogen and oxygen atoms in total. The number of halogens is 1. The minimum Gasteiger partial charge on any atom is -0.373 e. The average molecular weight is 320 g/mol. The largest absolute Gasteiger partial charge is 0.536 e. The summed E-state index contributed by atoms with van der Waals surface area (Å²) in [6.45, 7) is 4.87. The topological polar surface area (TPSA) is 27.7 Å². The van der Waals surface area contributed by atoms with Gasteiger partial charge in [0.15, 0.2) is 0 Å². The summed E-state index contributed by atoms with van der Waals surface area (Å²) >= 11 is 0. The van der Waals surface area contributed by atoms with E-state index in [0.29, 0.717) is 13.2 Å². The Bertz CT molecular complexity index is 595. The molecule has 118 valence electrons. The van der Waals surface area contributed by atoms with Crippen LogP contribution in [0.25, 0.3) is 11.1 Å². The molecule has 2 aromatic carbocycles. The lowest BCUT2D eigenvalue weighted by atomic mass is 10.1. The molecule has 0 bridgehead atoms. The fourth-order valence-corrected chi connectivity index (χ4v) is 4.58. The van der Waals surface area contributed by atoms with Crippen molar-refractivity contribution in [2.24, 2.45) is 0 Å². The summed E-state index contributed by atoms with van der Waals surface area (Å²) in [5.74, 6) is -0.245. The van der Waals surface area contributed by atoms with Gasteiger partial charge in [-0.1, -0.05) is 36.4 Å². The molecule has 0 spiro atoms. The summed E-state index contributed by atoms with van der Waals surface area (Å²) in [5, 5.41) is 0.902. The van der Waals surface area contributed by atoms with E-state index in [4.69, 9.17) is 13.3 Å². The number of benzene rings is 2. The van der Waals surface area contributed by atoms with Crippen molar-refractivity contribution in [3.8, 4) is 11.1 Å². The number of rotatable bonds is 7. The van der Waals surface area contributed by atoms with Gasteiger partial charge in [0.1, 0.15) is 5.82 Å². The Morgan fingerprint density at radius 1 is 0.909 bits per heavy atom. The fraction of sp³-hybridized carbons (Fsp3) is 0.294. The molecule has 0 saturated carbocycles. The Hall–Kier alpha value is -1.53. The van der Waals surface area contributed by atoms with E-state index in [1.165, 1.54) is 12.1 Å². The van der Waals surface area contributed by atoms with Gasteiger partial charge in [0.2, 0.25) is 0 Å². The highest BCUT2D eigenvalue weighted by Crippen LogP contribution is 2.20. The molecule has 0 unspecified atom stereocenters. The fourth-order valence-electron chi connectivity index (χ4n) is 2.36. The minimum atomic E-state index is -2.85. The summed E-state index contributed by atoms with van der Waals surface area (Å²) in [7, 11) is -1.25. The highest BCUT2D eigenvalue weighted by Gasteiger charge is 2.42. The van der Waals surface area contributed by atoms with E-state index in [2.05, 4.69) is 0 Å². The average Bonchev–Trinajstić information content (AvgIpc) is 2.55. The molecule has 22 heavy (non-hydrogen) atoms. The maximum Gasteiger partial charge on any atom is 0.536 e. The van der Waals surface area contributed by atoms with Gasteiger partial charge in [-0.05, 0) is 37.1 Å². The Morgan fingerprint density at radius 3 is 2.05 bits per heavy atom. The molecule has 0 aliphatic rings. The van der Waals surface area contributed by atoms with Crippen LogP contribution in [-0.2, 0) is 13.3 Å². The van der Waals surface area contributed by atoms with Crippen molar-refractivity contribution in [3.63, 3.8) is 0 Å². The monoisotopic (exact) mass is 320 g/mol. The molecule has 0 saturated heterocycles. The Morgan fingerprint density at radius 2 is 1.55 bits per heavy atom. The minimum absolute atomic E-state index is 0.245. The molecule has 2 aromatic rings. The SMILES string of the molecule is CCO[Si](OC)(OCC)c1ccc(-c2cccc(F)c2)cc1. The van der Waals surface area contributed by atoms with Crippen LogP contribution in [0.5, 0.6) is 0 Å². The summed E-state index contributed by atoms with van der Waals surface area (Å²) < 4.78 is 30.5. The lowest BCUT2D eigenvalue weighted by Crippen LogP contribution is -2.56. The first kappa shape index (κ1) is 16.8. The van der Waals surface area contributed by atoms with Crippen molar-refractivity contribution in [1.29, 1.82) is 0 Å². The van der Waals surface area contributed by atoms with Crippen LogP contribution >= 0.6 is 0 Å². The summed E-state index contributed by atoms with van der Waals surface area (Å²) in [5.41, 5.74) is 1.78. The lowest BCUT2D eigenvalue weighted by Gasteiger charge is -2.27. The molecular weight excluding hydrogens is 299 g/mol. The number of hydrogen-bond donors (Lipinski definition) is 0. The molecule has 0 N–H and O–H groups in total. The zero-order valence-electron chi connectivity index (χ0n) is 13.1. The third kappa shape index (κ3) is 3.62. The second-order valence-corrected chi connectivity index (χ2v) is 7.39. The van der Waals surface area contributed by atoms with Crippen LogP contribution in [0.1, 0.15) is 13.8 Å². The van der Waals surface area contributed by atoms with E-state index in [9.17, 15) is 4.39 Å². The van der Waals surface area contributed by atoms with Gasteiger partial charge in [0.25, 0.3) is 0 Å². The van der Waals surface area contributed by atoms with Crippen LogP contribution < -0.4 is 5.19 Å². The van der Waals surface area contributed by atoms with Gasteiger partial charge >= 0.3 is 8.80 Å². The first-order chi connectivity index (χ1) is 10.6. The van der Waals surface area contributed by atoms with E-state index in [1.807, 2.05) is 44.2 Å². The van der Waals surface area contributed by atoms with Crippen LogP contribution in [0.3, 0.4) is 0 Å². The van der Waals surface area contributed by atoms with Crippen LogP contribution in [0.4, 0.5) is 4.39 Å². The lowest BCUT2D eigenvalue weighted by molar-refractivity contribution is 0.102. The van der Waals surface area contributed by atoms with Gasteiger partial charge in [-0.25, -0.2) is 4.39 Å². The van der Waals surface area contributed by atoms with E-state index in [1.54, 1.807) is 13.2 Å². The van der Waals surface area contributed by atoms with Gasteiger partial charge < -0.3 is 13.3 Å². The van der Waals surface area contributed by atoms with Crippen molar-refractivity contribution < 1.29 is 17.7 Å². The third-order valence-corrected chi connectivity index (χ3v) is 6.25. The number of hydrogen-bond acceptors (Lipinski definition) is 3. The summed E-state index contributed by atoms with van der Waals surface area (Å²) in [4.78, 5) is 0. The molecule has 0 amide bonds. The van der Waals surface area contributed by atoms with Gasteiger partial charge in [0, 0.05) is 25.5 Å². The van der Waals surface area contributed by atoms with Gasteiger partial charge in [-0.15, -0.1) is 0 Å². The Kier molecular flexibility index (Phi) is 5.85. The van der Waals surface area contributed by atoms with Crippen molar-refractivity contribution in [2.75, 3.05) is 20.3 Å². The zero-order valence-corrected chi connectivity index (χ0v) is 14.1. The Labute approximate surface area is 132 Å². The normalized spacial score (nSPS) is 11.6. The second kappa shape index (κ2) is 7.65. The maximum absolute atomic E-state index is 13.3. The highest BCUT2D eigenvalue weighted by atomic mass is 28.4. The molecule has 0 heterocycles. The Balaban J connectivity index is 2.33. The first-order valence-electron chi connectivity index (χ1n) is 7.34. The van der Waals surface area contributed by atoms with Crippen molar-refractivity contribution in [1.82, 2.24) is 0 Å². The zero-order chi connectivity index (χ0) is 16.0. The molecule has 0 fully saturated rings. The van der Waals surface area contributed by atoms with Gasteiger partial charge in [-0.2, -0.15) is 0 Å². The second-order valence-electron chi connectivity index (χ2n) is 4.71. The third-order valence-electron chi connectivity index (χ3n) is 3.33. The molecule has 0 aliphatic carbocycles. The van der Waals surface area contributed by atoms with E-state index >= 15 is 0 Å². The van der Waals surface area contributed by atoms with Gasteiger partial charge in [0.05, 0.1) is 0 Å². The van der Waals surface area contributed by atoms with Crippen molar-refractivity contribution >= 4 is 14.0 Å². The molecule has 5 heteroatoms. The van der Waals surface area contributed by atoms with Crippen LogP contribution in [0.2, 0.25) is 0 Å². The van der Waals surface area contributed by atoms with E-state index < -0.39 is 8.80 Å². The molecule has 2 rings (SSSR count). The van der Waals surface area contributed by atoms with Crippen LogP contribution in [0.15, 0.2) is 48.5 Å². The predicted molar refractivity (Wildman–Crippen MR) is 87.5 cm³/mol.